The van der Waals surface area contributed by atoms with Gasteiger partial charge in [0.25, 0.3) is 0 Å². The Morgan fingerprint density at radius 1 is 1.40 bits per heavy atom. The second-order valence-electron chi connectivity index (χ2n) is 3.14. The molecule has 0 amide bonds. The van der Waals surface area contributed by atoms with E-state index in [4.69, 9.17) is 0 Å². The molecule has 1 unspecified atom stereocenters. The summed E-state index contributed by atoms with van der Waals surface area (Å²) in [6, 6.07) is 0.393. The molecule has 1 nitrogen and oxygen atoms in total. The lowest BCUT2D eigenvalue weighted by Crippen LogP contribution is -2.16. The SMILES string of the molecule is C=C/C=C1/CC(C=C)N/C1=C/CC.CC. The average Bonchev–Trinajstić information content (AvgIpc) is 2.65. The summed E-state index contributed by atoms with van der Waals surface area (Å²) in [5.74, 6) is 0. The summed E-state index contributed by atoms with van der Waals surface area (Å²) in [6.45, 7) is 13.6. The van der Waals surface area contributed by atoms with Crippen molar-refractivity contribution < 1.29 is 0 Å². The summed E-state index contributed by atoms with van der Waals surface area (Å²) in [5.41, 5.74) is 2.58. The highest BCUT2D eigenvalue weighted by molar-refractivity contribution is 5.38. The Hall–Kier alpha value is -1.24. The van der Waals surface area contributed by atoms with Gasteiger partial charge < -0.3 is 5.32 Å². The largest absolute Gasteiger partial charge is 0.379 e. The van der Waals surface area contributed by atoms with Crippen molar-refractivity contribution in [1.82, 2.24) is 5.32 Å². The second kappa shape index (κ2) is 8.10. The Morgan fingerprint density at radius 3 is 2.53 bits per heavy atom. The second-order valence-corrected chi connectivity index (χ2v) is 3.14. The number of allylic oxidation sites excluding steroid dienone is 4. The summed E-state index contributed by atoms with van der Waals surface area (Å²) in [7, 11) is 0. The zero-order valence-corrected chi connectivity index (χ0v) is 10.2. The predicted molar refractivity (Wildman–Crippen MR) is 69.7 cm³/mol. The number of rotatable bonds is 3. The van der Waals surface area contributed by atoms with E-state index in [1.165, 1.54) is 11.3 Å². The van der Waals surface area contributed by atoms with E-state index < -0.39 is 0 Å². The topological polar surface area (TPSA) is 12.0 Å². The van der Waals surface area contributed by atoms with Crippen LogP contribution in [0.2, 0.25) is 0 Å². The lowest BCUT2D eigenvalue weighted by atomic mass is 10.1. The molecule has 0 saturated carbocycles. The third-order valence-electron chi connectivity index (χ3n) is 2.14. The summed E-state index contributed by atoms with van der Waals surface area (Å²) in [6.07, 6.45) is 10.2. The van der Waals surface area contributed by atoms with E-state index in [1.54, 1.807) is 0 Å². The fourth-order valence-electron chi connectivity index (χ4n) is 1.53. The van der Waals surface area contributed by atoms with Gasteiger partial charge in [-0.3, -0.25) is 0 Å². The van der Waals surface area contributed by atoms with Crippen molar-refractivity contribution in [2.45, 2.75) is 39.7 Å². The van der Waals surface area contributed by atoms with Crippen LogP contribution in [0.4, 0.5) is 0 Å². The van der Waals surface area contributed by atoms with E-state index in [2.05, 4.69) is 37.6 Å². The molecule has 1 fully saturated rings. The Balaban J connectivity index is 0.000000921. The minimum absolute atomic E-state index is 0.393. The third-order valence-corrected chi connectivity index (χ3v) is 2.14. The van der Waals surface area contributed by atoms with Gasteiger partial charge in [-0.05, 0) is 18.4 Å². The first-order valence-corrected chi connectivity index (χ1v) is 5.73. The Bertz CT molecular complexity index is 259. The third kappa shape index (κ3) is 4.20. The van der Waals surface area contributed by atoms with Crippen LogP contribution in [0, 0.1) is 0 Å². The summed E-state index contributed by atoms with van der Waals surface area (Å²) in [4.78, 5) is 0. The van der Waals surface area contributed by atoms with Gasteiger partial charge in [0.15, 0.2) is 0 Å². The average molecular weight is 205 g/mol. The molecule has 0 spiro atoms. The molecule has 0 aromatic heterocycles. The lowest BCUT2D eigenvalue weighted by molar-refractivity contribution is 0.760. The van der Waals surface area contributed by atoms with E-state index >= 15 is 0 Å². The van der Waals surface area contributed by atoms with Crippen molar-refractivity contribution >= 4 is 0 Å². The van der Waals surface area contributed by atoms with E-state index in [0.717, 1.165) is 12.8 Å². The monoisotopic (exact) mass is 205 g/mol. The van der Waals surface area contributed by atoms with E-state index in [0.29, 0.717) is 6.04 Å². The molecule has 1 saturated heterocycles. The molecule has 1 aliphatic rings. The minimum atomic E-state index is 0.393. The molecule has 1 atom stereocenters. The quantitative estimate of drug-likeness (QED) is 0.687. The highest BCUT2D eigenvalue weighted by Gasteiger charge is 2.19. The fourth-order valence-corrected chi connectivity index (χ4v) is 1.53. The maximum Gasteiger partial charge on any atom is 0.0482 e. The van der Waals surface area contributed by atoms with Crippen LogP contribution in [0.15, 0.2) is 48.7 Å². The zero-order valence-electron chi connectivity index (χ0n) is 10.2. The molecule has 1 heterocycles. The molecule has 1 aliphatic heterocycles. The molecule has 0 aromatic rings. The molecule has 84 valence electrons. The van der Waals surface area contributed by atoms with Gasteiger partial charge in [0.05, 0.1) is 0 Å². The van der Waals surface area contributed by atoms with Gasteiger partial charge in [-0.2, -0.15) is 0 Å². The van der Waals surface area contributed by atoms with Crippen molar-refractivity contribution in [3.8, 4) is 0 Å². The van der Waals surface area contributed by atoms with Gasteiger partial charge in [-0.1, -0.05) is 51.7 Å². The molecule has 1 rings (SSSR count). The minimum Gasteiger partial charge on any atom is -0.379 e. The van der Waals surface area contributed by atoms with Gasteiger partial charge in [-0.25, -0.2) is 0 Å². The van der Waals surface area contributed by atoms with Crippen molar-refractivity contribution in [1.29, 1.82) is 0 Å². The first-order valence-electron chi connectivity index (χ1n) is 5.73. The smallest absolute Gasteiger partial charge is 0.0482 e. The van der Waals surface area contributed by atoms with E-state index in [1.807, 2.05) is 26.0 Å². The summed E-state index contributed by atoms with van der Waals surface area (Å²) < 4.78 is 0. The maximum atomic E-state index is 3.79. The Kier molecular flexibility index (Phi) is 7.43. The van der Waals surface area contributed by atoms with Crippen LogP contribution in [0.25, 0.3) is 0 Å². The normalized spacial score (nSPS) is 24.3. The number of hydrogen-bond donors (Lipinski definition) is 1. The highest BCUT2D eigenvalue weighted by Crippen LogP contribution is 2.23. The maximum absolute atomic E-state index is 3.79. The van der Waals surface area contributed by atoms with Crippen LogP contribution < -0.4 is 5.32 Å². The van der Waals surface area contributed by atoms with Gasteiger partial charge in [0, 0.05) is 11.7 Å². The van der Waals surface area contributed by atoms with Crippen LogP contribution in [-0.2, 0) is 0 Å². The first kappa shape index (κ1) is 13.8. The molecule has 0 bridgehead atoms. The van der Waals surface area contributed by atoms with Crippen molar-refractivity contribution in [2.75, 3.05) is 0 Å². The van der Waals surface area contributed by atoms with Crippen molar-refractivity contribution in [3.05, 3.63) is 48.7 Å². The molecular formula is C14H23N. The number of nitrogens with one attached hydrogen (secondary N) is 1. The van der Waals surface area contributed by atoms with Gasteiger partial charge in [0.1, 0.15) is 0 Å². The van der Waals surface area contributed by atoms with Crippen molar-refractivity contribution in [3.63, 3.8) is 0 Å². The van der Waals surface area contributed by atoms with E-state index in [-0.39, 0.29) is 0 Å². The predicted octanol–water partition coefficient (Wildman–Crippen LogP) is 3.97. The highest BCUT2D eigenvalue weighted by atomic mass is 15.0. The summed E-state index contributed by atoms with van der Waals surface area (Å²) >= 11 is 0. The van der Waals surface area contributed by atoms with Gasteiger partial charge >= 0.3 is 0 Å². The molecule has 15 heavy (non-hydrogen) atoms. The fraction of sp³-hybridized carbons (Fsp3) is 0.429. The van der Waals surface area contributed by atoms with Crippen LogP contribution in [0.5, 0.6) is 0 Å². The van der Waals surface area contributed by atoms with Crippen molar-refractivity contribution in [2.24, 2.45) is 0 Å². The van der Waals surface area contributed by atoms with Crippen LogP contribution in [0.1, 0.15) is 33.6 Å². The molecule has 1 N–H and O–H groups in total. The van der Waals surface area contributed by atoms with Gasteiger partial charge in [-0.15, -0.1) is 6.58 Å². The van der Waals surface area contributed by atoms with Gasteiger partial charge in [0.2, 0.25) is 0 Å². The first-order chi connectivity index (χ1) is 7.31. The molecule has 0 aliphatic carbocycles. The Labute approximate surface area is 94.3 Å². The van der Waals surface area contributed by atoms with Crippen LogP contribution >= 0.6 is 0 Å². The Morgan fingerprint density at radius 2 is 2.07 bits per heavy atom. The molecule has 1 heteroatoms. The molecule has 0 aromatic carbocycles. The molecule has 0 radical (unpaired) electrons. The van der Waals surface area contributed by atoms with E-state index in [9.17, 15) is 0 Å². The lowest BCUT2D eigenvalue weighted by Gasteiger charge is -2.02. The van der Waals surface area contributed by atoms with Crippen LogP contribution in [0.3, 0.4) is 0 Å². The number of hydrogen-bond acceptors (Lipinski definition) is 1. The zero-order chi connectivity index (χ0) is 11.7. The summed E-state index contributed by atoms with van der Waals surface area (Å²) in [5, 5.41) is 3.40. The van der Waals surface area contributed by atoms with Crippen LogP contribution in [-0.4, -0.2) is 6.04 Å². The molecular weight excluding hydrogens is 182 g/mol. The standard InChI is InChI=1S/C12H17N.C2H6/c1-4-7-10-9-11(6-3)13-12(10)8-5-2;1-2/h4,6-8,11,13H,1,3,5,9H2,2H3;1-2H3/b10-7-,12-8+;.